The van der Waals surface area contributed by atoms with E-state index in [1.54, 1.807) is 24.3 Å². The molecule has 0 saturated carbocycles. The van der Waals surface area contributed by atoms with E-state index < -0.39 is 17.8 Å². The minimum Gasteiger partial charge on any atom is -0.397 e. The van der Waals surface area contributed by atoms with Crippen molar-refractivity contribution in [2.24, 2.45) is 5.73 Å². The Morgan fingerprint density at radius 1 is 1.24 bits per heavy atom. The Hall–Kier alpha value is -2.33. The number of thiophene rings is 1. The lowest BCUT2D eigenvalue weighted by Crippen LogP contribution is -2.16. The Kier molecular flexibility index (Phi) is 4.33. The monoisotopic (exact) mass is 431 g/mol. The summed E-state index contributed by atoms with van der Waals surface area (Å²) in [7, 11) is 0. The highest BCUT2D eigenvalue weighted by molar-refractivity contribution is 9.10. The number of nitrogens with zero attached hydrogens (tertiary/aromatic N) is 1. The van der Waals surface area contributed by atoms with E-state index in [9.17, 15) is 18.0 Å². The fraction of sp³-hybridized carbons (Fsp3) is 0.0667. The summed E-state index contributed by atoms with van der Waals surface area (Å²) in [5, 5.41) is -0.525. The SMILES string of the molecule is NC(=O)Oc1sc2nc(-c3ccc(Br)cc3)cc(C(F)(F)F)c2c1N. The van der Waals surface area contributed by atoms with Crippen molar-refractivity contribution in [3.05, 3.63) is 40.4 Å². The number of primary amides is 1. The van der Waals surface area contributed by atoms with Crippen LogP contribution >= 0.6 is 27.3 Å². The lowest BCUT2D eigenvalue weighted by molar-refractivity contribution is -0.136. The first-order valence-electron chi connectivity index (χ1n) is 6.70. The Balaban J connectivity index is 2.28. The molecule has 2 heterocycles. The third kappa shape index (κ3) is 3.40. The molecular weight excluding hydrogens is 423 g/mol. The first-order valence-corrected chi connectivity index (χ1v) is 8.31. The summed E-state index contributed by atoms with van der Waals surface area (Å²) < 4.78 is 46.0. The number of nitrogen functional groups attached to an aromatic ring is 1. The predicted molar refractivity (Wildman–Crippen MR) is 92.4 cm³/mol. The Morgan fingerprint density at radius 2 is 1.88 bits per heavy atom. The molecule has 25 heavy (non-hydrogen) atoms. The number of rotatable bonds is 2. The van der Waals surface area contributed by atoms with Crippen molar-refractivity contribution < 1.29 is 22.7 Å². The van der Waals surface area contributed by atoms with Gasteiger partial charge in [0.1, 0.15) is 4.83 Å². The molecule has 4 N–H and O–H groups in total. The second-order valence-corrected chi connectivity index (χ2v) is 6.84. The summed E-state index contributed by atoms with van der Waals surface area (Å²) in [4.78, 5) is 15.1. The molecule has 0 aliphatic rings. The van der Waals surface area contributed by atoms with Gasteiger partial charge in [-0.15, -0.1) is 0 Å². The molecule has 0 atom stereocenters. The number of aromatic nitrogens is 1. The molecule has 0 aliphatic heterocycles. The van der Waals surface area contributed by atoms with Gasteiger partial charge in [-0.05, 0) is 18.2 Å². The van der Waals surface area contributed by atoms with Crippen molar-refractivity contribution in [2.45, 2.75) is 6.18 Å². The molecule has 3 aromatic rings. The van der Waals surface area contributed by atoms with E-state index in [1.165, 1.54) is 0 Å². The quantitative estimate of drug-likeness (QED) is 0.610. The second-order valence-electron chi connectivity index (χ2n) is 4.96. The number of pyridine rings is 1. The topological polar surface area (TPSA) is 91.2 Å². The maximum Gasteiger partial charge on any atom is 0.417 e. The van der Waals surface area contributed by atoms with Crippen LogP contribution in [0.3, 0.4) is 0 Å². The molecule has 5 nitrogen and oxygen atoms in total. The van der Waals surface area contributed by atoms with E-state index in [4.69, 9.17) is 11.5 Å². The molecular formula is C15H9BrF3N3O2S. The third-order valence-corrected chi connectivity index (χ3v) is 4.81. The molecule has 1 aromatic carbocycles. The van der Waals surface area contributed by atoms with Crippen LogP contribution in [0.1, 0.15) is 5.56 Å². The van der Waals surface area contributed by atoms with Gasteiger partial charge in [0, 0.05) is 10.0 Å². The zero-order valence-corrected chi connectivity index (χ0v) is 14.6. The maximum atomic E-state index is 13.5. The molecule has 3 rings (SSSR count). The molecule has 10 heteroatoms. The normalized spacial score (nSPS) is 11.7. The fourth-order valence-electron chi connectivity index (χ4n) is 2.26. The summed E-state index contributed by atoms with van der Waals surface area (Å²) in [5.41, 5.74) is 9.99. The number of anilines is 1. The van der Waals surface area contributed by atoms with E-state index in [0.717, 1.165) is 21.9 Å². The molecule has 130 valence electrons. The summed E-state index contributed by atoms with van der Waals surface area (Å²) in [5.74, 6) is 0. The third-order valence-electron chi connectivity index (χ3n) is 3.30. The summed E-state index contributed by atoms with van der Waals surface area (Å²) in [6.07, 6.45) is -5.83. The number of carbonyl (C=O) groups excluding carboxylic acids is 1. The number of hydrogen-bond donors (Lipinski definition) is 2. The van der Waals surface area contributed by atoms with Crippen LogP contribution in [-0.4, -0.2) is 11.1 Å². The van der Waals surface area contributed by atoms with Crippen molar-refractivity contribution in [3.63, 3.8) is 0 Å². The first-order chi connectivity index (χ1) is 11.7. The molecule has 0 fully saturated rings. The smallest absolute Gasteiger partial charge is 0.397 e. The van der Waals surface area contributed by atoms with Crippen LogP contribution in [0, 0.1) is 0 Å². The molecule has 2 aromatic heterocycles. The van der Waals surface area contributed by atoms with Crippen LogP contribution in [0.2, 0.25) is 0 Å². The lowest BCUT2D eigenvalue weighted by Gasteiger charge is -2.11. The van der Waals surface area contributed by atoms with E-state index in [1.807, 2.05) is 0 Å². The predicted octanol–water partition coefficient (Wildman–Crippen LogP) is 4.78. The molecule has 0 unspecified atom stereocenters. The maximum absolute atomic E-state index is 13.5. The van der Waals surface area contributed by atoms with Gasteiger partial charge >= 0.3 is 12.3 Å². The largest absolute Gasteiger partial charge is 0.417 e. The molecule has 1 amide bonds. The standard InChI is InChI=1S/C15H9BrF3N3O2S/c16-7-3-1-6(2-4-7)9-5-8(15(17,18)19)10-11(20)13(24-14(21)23)25-12(10)22-9/h1-5H,20H2,(H2,21,23). The highest BCUT2D eigenvalue weighted by Gasteiger charge is 2.36. The number of amides is 1. The summed E-state index contributed by atoms with van der Waals surface area (Å²) >= 11 is 3.99. The fourth-order valence-corrected chi connectivity index (χ4v) is 3.50. The number of fused-ring (bicyclic) bond motifs is 1. The van der Waals surface area contributed by atoms with Crippen molar-refractivity contribution in [2.75, 3.05) is 5.73 Å². The molecule has 0 spiro atoms. The van der Waals surface area contributed by atoms with E-state index in [2.05, 4.69) is 25.7 Å². The van der Waals surface area contributed by atoms with Gasteiger partial charge in [-0.25, -0.2) is 9.78 Å². The van der Waals surface area contributed by atoms with Gasteiger partial charge < -0.3 is 16.2 Å². The zero-order chi connectivity index (χ0) is 18.4. The molecule has 0 bridgehead atoms. The first kappa shape index (κ1) is 17.5. The van der Waals surface area contributed by atoms with Gasteiger partial charge in [-0.3, -0.25) is 0 Å². The zero-order valence-electron chi connectivity index (χ0n) is 12.2. The molecule has 0 saturated heterocycles. The Bertz CT molecular complexity index is 971. The van der Waals surface area contributed by atoms with Crippen LogP contribution in [0.15, 0.2) is 34.8 Å². The number of halogens is 4. The van der Waals surface area contributed by atoms with Crippen LogP contribution < -0.4 is 16.2 Å². The number of nitrogens with two attached hydrogens (primary N) is 2. The number of hydrogen-bond acceptors (Lipinski definition) is 5. The minimum absolute atomic E-state index is 0.00138. The van der Waals surface area contributed by atoms with Crippen LogP contribution in [0.4, 0.5) is 23.7 Å². The Morgan fingerprint density at radius 3 is 2.44 bits per heavy atom. The van der Waals surface area contributed by atoms with Gasteiger partial charge in [0.25, 0.3) is 0 Å². The highest BCUT2D eigenvalue weighted by atomic mass is 79.9. The Labute approximate surface area is 151 Å². The van der Waals surface area contributed by atoms with Gasteiger partial charge in [0.2, 0.25) is 5.06 Å². The van der Waals surface area contributed by atoms with E-state index in [0.29, 0.717) is 5.56 Å². The van der Waals surface area contributed by atoms with Crippen molar-refractivity contribution in [1.29, 1.82) is 0 Å². The average Bonchev–Trinajstić information content (AvgIpc) is 2.81. The van der Waals surface area contributed by atoms with Gasteiger partial charge in [-0.2, -0.15) is 13.2 Å². The van der Waals surface area contributed by atoms with Crippen LogP contribution in [-0.2, 0) is 6.18 Å². The summed E-state index contributed by atoms with van der Waals surface area (Å²) in [6.45, 7) is 0. The number of alkyl halides is 3. The average molecular weight is 432 g/mol. The van der Waals surface area contributed by atoms with Gasteiger partial charge in [0.15, 0.2) is 0 Å². The van der Waals surface area contributed by atoms with Gasteiger partial charge in [0.05, 0.1) is 22.3 Å². The van der Waals surface area contributed by atoms with Crippen molar-refractivity contribution in [3.8, 4) is 16.3 Å². The summed E-state index contributed by atoms with van der Waals surface area (Å²) in [6, 6.07) is 7.58. The molecule has 0 aliphatic carbocycles. The van der Waals surface area contributed by atoms with E-state index >= 15 is 0 Å². The molecule has 0 radical (unpaired) electrons. The second kappa shape index (κ2) is 6.19. The minimum atomic E-state index is -4.66. The van der Waals surface area contributed by atoms with Crippen molar-refractivity contribution in [1.82, 2.24) is 4.98 Å². The number of ether oxygens (including phenoxy) is 1. The van der Waals surface area contributed by atoms with Crippen molar-refractivity contribution >= 4 is 49.3 Å². The lowest BCUT2D eigenvalue weighted by atomic mass is 10.1. The van der Waals surface area contributed by atoms with Crippen LogP contribution in [0.5, 0.6) is 5.06 Å². The number of benzene rings is 1. The number of carbonyl (C=O) groups is 1. The van der Waals surface area contributed by atoms with Crippen LogP contribution in [0.25, 0.3) is 21.5 Å². The van der Waals surface area contributed by atoms with Gasteiger partial charge in [-0.1, -0.05) is 39.4 Å². The van der Waals surface area contributed by atoms with E-state index in [-0.39, 0.29) is 26.7 Å². The highest BCUT2D eigenvalue weighted by Crippen LogP contribution is 2.46.